The van der Waals surface area contributed by atoms with Crippen LogP contribution in [0.15, 0.2) is 33.4 Å². The second-order valence-electron chi connectivity index (χ2n) is 4.96. The molecule has 1 aromatic carbocycles. The Labute approximate surface area is 132 Å². The van der Waals surface area contributed by atoms with Gasteiger partial charge in [0.25, 0.3) is 0 Å². The van der Waals surface area contributed by atoms with Crippen LogP contribution in [0.5, 0.6) is 0 Å². The summed E-state index contributed by atoms with van der Waals surface area (Å²) in [5.74, 6) is -0.181. The third-order valence-corrected chi connectivity index (χ3v) is 5.00. The van der Waals surface area contributed by atoms with E-state index >= 15 is 0 Å². The largest absolute Gasteiger partial charge is 0.310 e. The smallest absolute Gasteiger partial charge is 0.123 e. The van der Waals surface area contributed by atoms with Crippen molar-refractivity contribution in [3.8, 4) is 0 Å². The number of halogens is 2. The van der Waals surface area contributed by atoms with Gasteiger partial charge in [-0.25, -0.2) is 4.39 Å². The van der Waals surface area contributed by atoms with E-state index in [9.17, 15) is 4.39 Å². The van der Waals surface area contributed by atoms with E-state index < -0.39 is 0 Å². The van der Waals surface area contributed by atoms with Crippen LogP contribution in [0.1, 0.15) is 36.1 Å². The van der Waals surface area contributed by atoms with Crippen molar-refractivity contribution in [3.05, 3.63) is 55.9 Å². The molecule has 0 aliphatic heterocycles. The van der Waals surface area contributed by atoms with Crippen LogP contribution in [0.3, 0.4) is 0 Å². The topological polar surface area (TPSA) is 12.0 Å². The fourth-order valence-electron chi connectivity index (χ4n) is 2.26. The lowest BCUT2D eigenvalue weighted by molar-refractivity contribution is 0.526. The Balaban J connectivity index is 2.23. The quantitative estimate of drug-likeness (QED) is 0.746. The van der Waals surface area contributed by atoms with Crippen LogP contribution in [-0.2, 0) is 6.42 Å². The number of aryl methyl sites for hydroxylation is 1. The van der Waals surface area contributed by atoms with Crippen molar-refractivity contribution < 1.29 is 4.39 Å². The first kappa shape index (κ1) is 15.7. The molecule has 1 aromatic heterocycles. The first-order valence-electron chi connectivity index (χ1n) is 6.81. The molecule has 108 valence electrons. The molecule has 20 heavy (non-hydrogen) atoms. The summed E-state index contributed by atoms with van der Waals surface area (Å²) in [4.78, 5) is 0. The Bertz CT molecular complexity index is 567. The van der Waals surface area contributed by atoms with Gasteiger partial charge in [0, 0.05) is 10.5 Å². The average Bonchev–Trinajstić information content (AvgIpc) is 2.84. The van der Waals surface area contributed by atoms with Crippen LogP contribution in [0.25, 0.3) is 0 Å². The van der Waals surface area contributed by atoms with Crippen LogP contribution in [0.2, 0.25) is 0 Å². The molecular weight excluding hydrogens is 337 g/mol. The Morgan fingerprint density at radius 3 is 2.80 bits per heavy atom. The number of hydrogen-bond donors (Lipinski definition) is 1. The van der Waals surface area contributed by atoms with E-state index in [4.69, 9.17) is 0 Å². The molecule has 1 heterocycles. The van der Waals surface area contributed by atoms with Crippen LogP contribution in [0, 0.1) is 12.7 Å². The van der Waals surface area contributed by atoms with Gasteiger partial charge in [0.05, 0.1) is 0 Å². The lowest BCUT2D eigenvalue weighted by Crippen LogP contribution is -2.24. The molecule has 1 unspecified atom stereocenters. The maximum atomic E-state index is 13.4. The molecule has 0 amide bonds. The molecule has 1 nitrogen and oxygen atoms in total. The zero-order chi connectivity index (χ0) is 14.5. The predicted molar refractivity (Wildman–Crippen MR) is 87.9 cm³/mol. The Morgan fingerprint density at radius 2 is 2.15 bits per heavy atom. The summed E-state index contributed by atoms with van der Waals surface area (Å²) >= 11 is 5.24. The normalized spacial score (nSPS) is 12.6. The van der Waals surface area contributed by atoms with E-state index in [-0.39, 0.29) is 11.9 Å². The van der Waals surface area contributed by atoms with Gasteiger partial charge < -0.3 is 5.32 Å². The molecule has 0 bridgehead atoms. The first-order chi connectivity index (χ1) is 9.61. The summed E-state index contributed by atoms with van der Waals surface area (Å²) in [7, 11) is 0. The highest BCUT2D eigenvalue weighted by atomic mass is 79.9. The number of hydrogen-bond acceptors (Lipinski definition) is 2. The van der Waals surface area contributed by atoms with Crippen molar-refractivity contribution >= 4 is 27.3 Å². The summed E-state index contributed by atoms with van der Waals surface area (Å²) in [6, 6.07) is 5.12. The van der Waals surface area contributed by atoms with Gasteiger partial charge in [-0.3, -0.25) is 0 Å². The molecule has 0 aliphatic rings. The maximum absolute atomic E-state index is 13.4. The second-order valence-corrected chi connectivity index (χ2v) is 6.55. The first-order valence-corrected chi connectivity index (χ1v) is 8.55. The van der Waals surface area contributed by atoms with E-state index in [1.807, 2.05) is 0 Å². The fraction of sp³-hybridized carbons (Fsp3) is 0.375. The minimum Gasteiger partial charge on any atom is -0.310 e. The van der Waals surface area contributed by atoms with Crippen LogP contribution < -0.4 is 5.32 Å². The standard InChI is InChI=1S/C16H19BrFNS/c1-3-6-19-16(14-10-20-9-11(14)2)8-12-7-13(18)4-5-15(12)17/h4-5,7,9-10,16,19H,3,6,8H2,1-2H3. The zero-order valence-corrected chi connectivity index (χ0v) is 14.2. The van der Waals surface area contributed by atoms with Gasteiger partial charge in [0.2, 0.25) is 0 Å². The van der Waals surface area contributed by atoms with Crippen LogP contribution in [0.4, 0.5) is 4.39 Å². The molecule has 0 radical (unpaired) electrons. The fourth-order valence-corrected chi connectivity index (χ4v) is 3.57. The van der Waals surface area contributed by atoms with E-state index in [0.29, 0.717) is 0 Å². The number of rotatable bonds is 6. The highest BCUT2D eigenvalue weighted by molar-refractivity contribution is 9.10. The second kappa shape index (κ2) is 7.34. The predicted octanol–water partition coefficient (Wildman–Crippen LogP) is 5.24. The highest BCUT2D eigenvalue weighted by Crippen LogP contribution is 2.28. The van der Waals surface area contributed by atoms with Crippen LogP contribution in [-0.4, -0.2) is 6.54 Å². The van der Waals surface area contributed by atoms with Crippen molar-refractivity contribution in [3.63, 3.8) is 0 Å². The van der Waals surface area contributed by atoms with E-state index in [2.05, 4.69) is 45.9 Å². The number of benzene rings is 1. The monoisotopic (exact) mass is 355 g/mol. The van der Waals surface area contributed by atoms with E-state index in [1.165, 1.54) is 17.2 Å². The lowest BCUT2D eigenvalue weighted by Gasteiger charge is -2.20. The van der Waals surface area contributed by atoms with Crippen molar-refractivity contribution in [2.75, 3.05) is 6.54 Å². The average molecular weight is 356 g/mol. The van der Waals surface area contributed by atoms with Gasteiger partial charge in [-0.2, -0.15) is 11.3 Å². The van der Waals surface area contributed by atoms with Gasteiger partial charge in [-0.1, -0.05) is 22.9 Å². The van der Waals surface area contributed by atoms with Crippen LogP contribution >= 0.6 is 27.3 Å². The molecule has 1 atom stereocenters. The summed E-state index contributed by atoms with van der Waals surface area (Å²) in [5, 5.41) is 7.92. The number of thiophene rings is 1. The van der Waals surface area contributed by atoms with Gasteiger partial charge >= 0.3 is 0 Å². The molecule has 0 saturated carbocycles. The molecule has 0 saturated heterocycles. The summed E-state index contributed by atoms with van der Waals surface area (Å²) in [6.07, 6.45) is 1.87. The molecule has 4 heteroatoms. The Hall–Kier alpha value is -0.710. The molecule has 0 fully saturated rings. The van der Waals surface area contributed by atoms with Gasteiger partial charge in [0.15, 0.2) is 0 Å². The Kier molecular flexibility index (Phi) is 5.75. The van der Waals surface area contributed by atoms with Gasteiger partial charge in [-0.15, -0.1) is 0 Å². The maximum Gasteiger partial charge on any atom is 0.123 e. The molecule has 0 spiro atoms. The molecule has 1 N–H and O–H groups in total. The molecule has 0 aliphatic carbocycles. The highest BCUT2D eigenvalue weighted by Gasteiger charge is 2.16. The van der Waals surface area contributed by atoms with Crippen molar-refractivity contribution in [1.29, 1.82) is 0 Å². The minimum atomic E-state index is -0.181. The third-order valence-electron chi connectivity index (χ3n) is 3.34. The molecule has 2 aromatic rings. The van der Waals surface area contributed by atoms with Crippen molar-refractivity contribution in [1.82, 2.24) is 5.32 Å². The summed E-state index contributed by atoms with van der Waals surface area (Å²) in [6.45, 7) is 5.25. The van der Waals surface area contributed by atoms with Gasteiger partial charge in [-0.05, 0) is 72.0 Å². The lowest BCUT2D eigenvalue weighted by atomic mass is 9.98. The number of nitrogens with one attached hydrogen (secondary N) is 1. The molecule has 2 rings (SSSR count). The SMILES string of the molecule is CCCNC(Cc1cc(F)ccc1Br)c1cscc1C. The minimum absolute atomic E-state index is 0.181. The van der Waals surface area contributed by atoms with Crippen molar-refractivity contribution in [2.45, 2.75) is 32.7 Å². The Morgan fingerprint density at radius 1 is 1.35 bits per heavy atom. The summed E-state index contributed by atoms with van der Waals surface area (Å²) < 4.78 is 14.4. The van der Waals surface area contributed by atoms with Gasteiger partial charge in [0.1, 0.15) is 5.82 Å². The molecular formula is C16H19BrFNS. The zero-order valence-electron chi connectivity index (χ0n) is 11.7. The van der Waals surface area contributed by atoms with E-state index in [1.54, 1.807) is 23.5 Å². The summed E-state index contributed by atoms with van der Waals surface area (Å²) in [5.41, 5.74) is 3.62. The van der Waals surface area contributed by atoms with Crippen molar-refractivity contribution in [2.24, 2.45) is 0 Å². The van der Waals surface area contributed by atoms with E-state index in [0.717, 1.165) is 29.4 Å². The third kappa shape index (κ3) is 3.90.